The molecule has 2 aromatic carbocycles. The summed E-state index contributed by atoms with van der Waals surface area (Å²) in [6.07, 6.45) is 0.856. The molecule has 2 amide bonds. The van der Waals surface area contributed by atoms with E-state index in [-0.39, 0.29) is 18.2 Å². The van der Waals surface area contributed by atoms with Crippen molar-refractivity contribution in [2.75, 3.05) is 37.0 Å². The predicted octanol–water partition coefficient (Wildman–Crippen LogP) is 3.30. The Labute approximate surface area is 167 Å². The summed E-state index contributed by atoms with van der Waals surface area (Å²) in [6, 6.07) is 15.7. The Morgan fingerprint density at radius 1 is 0.964 bits per heavy atom. The van der Waals surface area contributed by atoms with Crippen LogP contribution in [0.4, 0.5) is 11.4 Å². The van der Waals surface area contributed by atoms with Crippen molar-refractivity contribution in [2.24, 2.45) is 5.41 Å². The van der Waals surface area contributed by atoms with Crippen molar-refractivity contribution in [1.29, 1.82) is 0 Å². The van der Waals surface area contributed by atoms with Gasteiger partial charge in [0, 0.05) is 38.4 Å². The van der Waals surface area contributed by atoms with Gasteiger partial charge in [-0.25, -0.2) is 0 Å². The molecule has 28 heavy (non-hydrogen) atoms. The van der Waals surface area contributed by atoms with E-state index in [2.05, 4.69) is 5.32 Å². The molecule has 5 nitrogen and oxygen atoms in total. The number of hydrogen-bond donors (Lipinski definition) is 1. The molecule has 148 valence electrons. The average molecular weight is 380 g/mol. The number of benzene rings is 2. The van der Waals surface area contributed by atoms with Crippen LogP contribution in [0, 0.1) is 19.3 Å². The van der Waals surface area contributed by atoms with Crippen molar-refractivity contribution < 1.29 is 9.59 Å². The SMILES string of the molecule is Cc1cccc(N(C)C(=O)CC2(C(=O)N(C)c3cccc(C)c3)CCNC2)c1. The zero-order chi connectivity index (χ0) is 20.3. The molecule has 0 aliphatic carbocycles. The number of amides is 2. The Kier molecular flexibility index (Phi) is 5.84. The topological polar surface area (TPSA) is 52.7 Å². The monoisotopic (exact) mass is 379 g/mol. The highest BCUT2D eigenvalue weighted by Gasteiger charge is 2.45. The van der Waals surface area contributed by atoms with Gasteiger partial charge in [-0.3, -0.25) is 9.59 Å². The Hall–Kier alpha value is -2.66. The molecule has 1 atom stereocenters. The average Bonchev–Trinajstić information content (AvgIpc) is 3.15. The molecule has 1 saturated heterocycles. The zero-order valence-corrected chi connectivity index (χ0v) is 17.2. The summed E-state index contributed by atoms with van der Waals surface area (Å²) < 4.78 is 0. The van der Waals surface area contributed by atoms with E-state index in [0.717, 1.165) is 29.0 Å². The fourth-order valence-corrected chi connectivity index (χ4v) is 3.85. The fraction of sp³-hybridized carbons (Fsp3) is 0.391. The van der Waals surface area contributed by atoms with Gasteiger partial charge in [-0.1, -0.05) is 24.3 Å². The number of anilines is 2. The van der Waals surface area contributed by atoms with Crippen molar-refractivity contribution in [3.8, 4) is 0 Å². The van der Waals surface area contributed by atoms with Gasteiger partial charge in [0.2, 0.25) is 11.8 Å². The molecule has 1 heterocycles. The molecule has 0 saturated carbocycles. The second-order valence-corrected chi connectivity index (χ2v) is 7.88. The predicted molar refractivity (Wildman–Crippen MR) is 114 cm³/mol. The molecule has 1 fully saturated rings. The maximum atomic E-state index is 13.4. The van der Waals surface area contributed by atoms with Crippen LogP contribution in [-0.2, 0) is 9.59 Å². The minimum absolute atomic E-state index is 0.00547. The lowest BCUT2D eigenvalue weighted by molar-refractivity contribution is -0.132. The van der Waals surface area contributed by atoms with Crippen molar-refractivity contribution in [3.63, 3.8) is 0 Å². The molecule has 5 heteroatoms. The van der Waals surface area contributed by atoms with Gasteiger partial charge >= 0.3 is 0 Å². The van der Waals surface area contributed by atoms with E-state index >= 15 is 0 Å². The summed E-state index contributed by atoms with van der Waals surface area (Å²) >= 11 is 0. The first-order chi connectivity index (χ1) is 13.3. The second-order valence-electron chi connectivity index (χ2n) is 7.88. The molecular weight excluding hydrogens is 350 g/mol. The highest BCUT2D eigenvalue weighted by atomic mass is 16.2. The largest absolute Gasteiger partial charge is 0.316 e. The molecule has 0 bridgehead atoms. The maximum Gasteiger partial charge on any atom is 0.234 e. The van der Waals surface area contributed by atoms with Crippen LogP contribution in [0.1, 0.15) is 24.0 Å². The number of carbonyl (C=O) groups excluding carboxylic acids is 2. The number of rotatable bonds is 5. The van der Waals surface area contributed by atoms with Gasteiger partial charge in [0.05, 0.1) is 5.41 Å². The van der Waals surface area contributed by atoms with E-state index < -0.39 is 5.41 Å². The highest BCUT2D eigenvalue weighted by Crippen LogP contribution is 2.34. The van der Waals surface area contributed by atoms with E-state index in [1.165, 1.54) is 0 Å². The molecule has 1 aliphatic heterocycles. The van der Waals surface area contributed by atoms with Crippen LogP contribution in [0.3, 0.4) is 0 Å². The third kappa shape index (κ3) is 4.09. The number of nitrogens with one attached hydrogen (secondary N) is 1. The Morgan fingerprint density at radius 3 is 2.04 bits per heavy atom. The maximum absolute atomic E-state index is 13.4. The van der Waals surface area contributed by atoms with Gasteiger partial charge in [-0.2, -0.15) is 0 Å². The Bertz CT molecular complexity index is 872. The molecular formula is C23H29N3O2. The number of hydrogen-bond acceptors (Lipinski definition) is 3. The Morgan fingerprint density at radius 2 is 1.54 bits per heavy atom. The van der Waals surface area contributed by atoms with Crippen molar-refractivity contribution in [1.82, 2.24) is 5.32 Å². The van der Waals surface area contributed by atoms with E-state index in [4.69, 9.17) is 0 Å². The van der Waals surface area contributed by atoms with E-state index in [9.17, 15) is 9.59 Å². The summed E-state index contributed by atoms with van der Waals surface area (Å²) in [6.45, 7) is 5.28. The van der Waals surface area contributed by atoms with Crippen LogP contribution < -0.4 is 15.1 Å². The van der Waals surface area contributed by atoms with Crippen LogP contribution in [-0.4, -0.2) is 39.0 Å². The number of aryl methyl sites for hydroxylation is 2. The van der Waals surface area contributed by atoms with Crippen molar-refractivity contribution >= 4 is 23.2 Å². The molecule has 1 unspecified atom stereocenters. The number of nitrogens with zero attached hydrogens (tertiary/aromatic N) is 2. The quantitative estimate of drug-likeness (QED) is 0.867. The van der Waals surface area contributed by atoms with Crippen LogP contribution in [0.2, 0.25) is 0 Å². The minimum atomic E-state index is -0.715. The van der Waals surface area contributed by atoms with Gasteiger partial charge in [-0.15, -0.1) is 0 Å². The molecule has 1 aliphatic rings. The van der Waals surface area contributed by atoms with Crippen molar-refractivity contribution in [3.05, 3.63) is 59.7 Å². The van der Waals surface area contributed by atoms with Crippen LogP contribution in [0.15, 0.2) is 48.5 Å². The normalized spacial score (nSPS) is 18.7. The summed E-state index contributed by atoms with van der Waals surface area (Å²) in [4.78, 5) is 29.9. The third-order valence-corrected chi connectivity index (χ3v) is 5.64. The minimum Gasteiger partial charge on any atom is -0.316 e. The summed E-state index contributed by atoms with van der Waals surface area (Å²) in [5.74, 6) is -0.0469. The lowest BCUT2D eigenvalue weighted by Gasteiger charge is -2.33. The lowest BCUT2D eigenvalue weighted by atomic mass is 9.81. The Balaban J connectivity index is 1.81. The van der Waals surface area contributed by atoms with Gasteiger partial charge < -0.3 is 15.1 Å². The third-order valence-electron chi connectivity index (χ3n) is 5.64. The fourth-order valence-electron chi connectivity index (χ4n) is 3.85. The molecule has 0 spiro atoms. The first kappa shape index (κ1) is 20.1. The van der Waals surface area contributed by atoms with Gasteiger partial charge in [0.15, 0.2) is 0 Å². The lowest BCUT2D eigenvalue weighted by Crippen LogP contribution is -2.47. The molecule has 1 N–H and O–H groups in total. The summed E-state index contributed by atoms with van der Waals surface area (Å²) in [7, 11) is 3.58. The van der Waals surface area contributed by atoms with Gasteiger partial charge in [-0.05, 0) is 62.2 Å². The summed E-state index contributed by atoms with van der Waals surface area (Å²) in [5.41, 5.74) is 3.20. The van der Waals surface area contributed by atoms with Crippen molar-refractivity contribution in [2.45, 2.75) is 26.7 Å². The first-order valence-electron chi connectivity index (χ1n) is 9.71. The molecule has 0 aromatic heterocycles. The van der Waals surface area contributed by atoms with Crippen LogP contribution in [0.5, 0.6) is 0 Å². The second kappa shape index (κ2) is 8.15. The van der Waals surface area contributed by atoms with Gasteiger partial charge in [0.1, 0.15) is 0 Å². The van der Waals surface area contributed by atoms with E-state index in [1.807, 2.05) is 62.4 Å². The smallest absolute Gasteiger partial charge is 0.234 e. The highest BCUT2D eigenvalue weighted by molar-refractivity contribution is 6.02. The summed E-state index contributed by atoms with van der Waals surface area (Å²) in [5, 5.41) is 3.29. The standard InChI is InChI=1S/C23H29N3O2/c1-17-7-5-9-19(13-17)25(3)21(27)15-23(11-12-24-16-23)22(28)26(4)20-10-6-8-18(2)14-20/h5-10,13-14,24H,11-12,15-16H2,1-4H3. The zero-order valence-electron chi connectivity index (χ0n) is 17.2. The van der Waals surface area contributed by atoms with Gasteiger partial charge in [0.25, 0.3) is 0 Å². The first-order valence-corrected chi connectivity index (χ1v) is 9.71. The van der Waals surface area contributed by atoms with Crippen LogP contribution in [0.25, 0.3) is 0 Å². The molecule has 2 aromatic rings. The van der Waals surface area contributed by atoms with Crippen LogP contribution >= 0.6 is 0 Å². The van der Waals surface area contributed by atoms with E-state index in [1.54, 1.807) is 23.9 Å². The number of carbonyl (C=O) groups is 2. The molecule has 0 radical (unpaired) electrons. The molecule has 3 rings (SSSR count). The van der Waals surface area contributed by atoms with E-state index in [0.29, 0.717) is 13.0 Å².